The molecule has 20 heavy (non-hydrogen) atoms. The SMILES string of the molecule is CC(C)c1ccc(C(=O)CCCN2CCNCC2)cc1. The molecule has 2 rings (SSSR count). The number of hydrogen-bond donors (Lipinski definition) is 1. The van der Waals surface area contributed by atoms with Gasteiger partial charge in [-0.2, -0.15) is 0 Å². The van der Waals surface area contributed by atoms with Gasteiger partial charge in [0.1, 0.15) is 0 Å². The maximum atomic E-state index is 12.1. The zero-order chi connectivity index (χ0) is 14.4. The van der Waals surface area contributed by atoms with Gasteiger partial charge in [0, 0.05) is 38.2 Å². The summed E-state index contributed by atoms with van der Waals surface area (Å²) in [4.78, 5) is 14.6. The van der Waals surface area contributed by atoms with Gasteiger partial charge in [0.25, 0.3) is 0 Å². The summed E-state index contributed by atoms with van der Waals surface area (Å²) in [5.41, 5.74) is 2.15. The molecule has 3 nitrogen and oxygen atoms in total. The van der Waals surface area contributed by atoms with Gasteiger partial charge in [-0.1, -0.05) is 38.1 Å². The lowest BCUT2D eigenvalue weighted by Crippen LogP contribution is -2.43. The van der Waals surface area contributed by atoms with Crippen molar-refractivity contribution in [2.24, 2.45) is 0 Å². The van der Waals surface area contributed by atoms with E-state index in [0.717, 1.165) is 44.7 Å². The molecule has 0 spiro atoms. The first-order valence-electron chi connectivity index (χ1n) is 7.73. The molecule has 3 heteroatoms. The molecule has 1 aromatic carbocycles. The number of nitrogens with zero attached hydrogens (tertiary/aromatic N) is 1. The molecular weight excluding hydrogens is 248 g/mol. The Hall–Kier alpha value is -1.19. The Kier molecular flexibility index (Phi) is 5.74. The minimum absolute atomic E-state index is 0.274. The van der Waals surface area contributed by atoms with Crippen molar-refractivity contribution in [3.8, 4) is 0 Å². The minimum atomic E-state index is 0.274. The Morgan fingerprint density at radius 1 is 1.20 bits per heavy atom. The first-order valence-corrected chi connectivity index (χ1v) is 7.73. The quantitative estimate of drug-likeness (QED) is 0.810. The number of carbonyl (C=O) groups excluding carboxylic acids is 1. The molecular formula is C17H26N2O. The molecule has 0 saturated carbocycles. The van der Waals surface area contributed by atoms with Crippen LogP contribution in [-0.4, -0.2) is 43.4 Å². The molecule has 0 aliphatic carbocycles. The summed E-state index contributed by atoms with van der Waals surface area (Å²) in [6.07, 6.45) is 1.62. The van der Waals surface area contributed by atoms with Crippen LogP contribution in [0, 0.1) is 0 Å². The first kappa shape index (κ1) is 15.2. The van der Waals surface area contributed by atoms with Gasteiger partial charge in [-0.25, -0.2) is 0 Å². The van der Waals surface area contributed by atoms with E-state index in [1.165, 1.54) is 5.56 Å². The van der Waals surface area contributed by atoms with Crippen LogP contribution in [0.4, 0.5) is 0 Å². The molecule has 1 N–H and O–H groups in total. The summed E-state index contributed by atoms with van der Waals surface area (Å²) in [6, 6.07) is 8.10. The number of piperazine rings is 1. The van der Waals surface area contributed by atoms with Gasteiger partial charge in [0.15, 0.2) is 5.78 Å². The van der Waals surface area contributed by atoms with Crippen LogP contribution in [0.25, 0.3) is 0 Å². The van der Waals surface area contributed by atoms with Crippen LogP contribution in [0.3, 0.4) is 0 Å². The number of rotatable bonds is 6. The summed E-state index contributed by atoms with van der Waals surface area (Å²) in [7, 11) is 0. The first-order chi connectivity index (χ1) is 9.66. The predicted octanol–water partition coefficient (Wildman–Crippen LogP) is 2.68. The standard InChI is InChI=1S/C17H26N2O/c1-14(2)15-5-7-16(8-6-15)17(20)4-3-11-19-12-9-18-10-13-19/h5-8,14,18H,3-4,9-13H2,1-2H3. The van der Waals surface area contributed by atoms with Crippen LogP contribution in [0.2, 0.25) is 0 Å². The van der Waals surface area contributed by atoms with E-state index in [9.17, 15) is 4.79 Å². The molecule has 1 aliphatic rings. The molecule has 0 amide bonds. The van der Waals surface area contributed by atoms with E-state index in [1.807, 2.05) is 12.1 Å². The minimum Gasteiger partial charge on any atom is -0.314 e. The predicted molar refractivity (Wildman–Crippen MR) is 83.4 cm³/mol. The number of ketones is 1. The van der Waals surface area contributed by atoms with E-state index in [1.54, 1.807) is 0 Å². The second-order valence-corrected chi connectivity index (χ2v) is 5.90. The van der Waals surface area contributed by atoms with Crippen LogP contribution >= 0.6 is 0 Å². The Morgan fingerprint density at radius 2 is 1.85 bits per heavy atom. The van der Waals surface area contributed by atoms with Gasteiger partial charge in [-0.05, 0) is 24.4 Å². The van der Waals surface area contributed by atoms with Gasteiger partial charge in [-0.3, -0.25) is 4.79 Å². The van der Waals surface area contributed by atoms with Gasteiger partial charge in [-0.15, -0.1) is 0 Å². The average Bonchev–Trinajstić information content (AvgIpc) is 2.48. The topological polar surface area (TPSA) is 32.3 Å². The lowest BCUT2D eigenvalue weighted by Gasteiger charge is -2.26. The Morgan fingerprint density at radius 3 is 2.45 bits per heavy atom. The number of nitrogens with one attached hydrogen (secondary N) is 1. The van der Waals surface area contributed by atoms with Crippen LogP contribution in [0.5, 0.6) is 0 Å². The van der Waals surface area contributed by atoms with Crippen molar-refractivity contribution in [1.29, 1.82) is 0 Å². The van der Waals surface area contributed by atoms with Gasteiger partial charge >= 0.3 is 0 Å². The number of Topliss-reactive ketones (excluding diaryl/α,β-unsaturated/α-hetero) is 1. The second kappa shape index (κ2) is 7.55. The zero-order valence-corrected chi connectivity index (χ0v) is 12.7. The molecule has 0 bridgehead atoms. The summed E-state index contributed by atoms with van der Waals surface area (Å²) in [6.45, 7) is 9.75. The largest absolute Gasteiger partial charge is 0.314 e. The average molecular weight is 274 g/mol. The highest BCUT2D eigenvalue weighted by Gasteiger charge is 2.11. The number of hydrogen-bond acceptors (Lipinski definition) is 3. The van der Waals surface area contributed by atoms with Crippen molar-refractivity contribution >= 4 is 5.78 Å². The van der Waals surface area contributed by atoms with Gasteiger partial charge < -0.3 is 10.2 Å². The van der Waals surface area contributed by atoms with Crippen LogP contribution in [-0.2, 0) is 0 Å². The van der Waals surface area contributed by atoms with E-state index >= 15 is 0 Å². The van der Waals surface area contributed by atoms with Crippen molar-refractivity contribution in [2.45, 2.75) is 32.6 Å². The summed E-state index contributed by atoms with van der Waals surface area (Å²) in [5, 5.41) is 3.35. The highest BCUT2D eigenvalue weighted by atomic mass is 16.1. The lowest BCUT2D eigenvalue weighted by molar-refractivity contribution is 0.0973. The molecule has 0 aromatic heterocycles. The number of benzene rings is 1. The van der Waals surface area contributed by atoms with Crippen molar-refractivity contribution < 1.29 is 4.79 Å². The molecule has 110 valence electrons. The van der Waals surface area contributed by atoms with Crippen molar-refractivity contribution in [3.63, 3.8) is 0 Å². The van der Waals surface area contributed by atoms with Gasteiger partial charge in [0.2, 0.25) is 0 Å². The molecule has 0 atom stereocenters. The summed E-state index contributed by atoms with van der Waals surface area (Å²) < 4.78 is 0. The third-order valence-electron chi connectivity index (χ3n) is 3.99. The van der Waals surface area contributed by atoms with E-state index in [-0.39, 0.29) is 5.78 Å². The molecule has 1 fully saturated rings. The van der Waals surface area contributed by atoms with Crippen LogP contribution in [0.15, 0.2) is 24.3 Å². The third-order valence-corrected chi connectivity index (χ3v) is 3.99. The summed E-state index contributed by atoms with van der Waals surface area (Å²) >= 11 is 0. The van der Waals surface area contributed by atoms with Crippen LogP contribution in [0.1, 0.15) is 48.5 Å². The fraction of sp³-hybridized carbons (Fsp3) is 0.588. The molecule has 1 saturated heterocycles. The molecule has 0 radical (unpaired) electrons. The lowest BCUT2D eigenvalue weighted by atomic mass is 9.99. The van der Waals surface area contributed by atoms with Crippen LogP contribution < -0.4 is 5.32 Å². The van der Waals surface area contributed by atoms with E-state index in [2.05, 4.69) is 36.2 Å². The highest BCUT2D eigenvalue weighted by molar-refractivity contribution is 5.96. The van der Waals surface area contributed by atoms with E-state index in [0.29, 0.717) is 12.3 Å². The Balaban J connectivity index is 1.76. The fourth-order valence-corrected chi connectivity index (χ4v) is 2.60. The summed E-state index contributed by atoms with van der Waals surface area (Å²) in [5.74, 6) is 0.794. The van der Waals surface area contributed by atoms with E-state index in [4.69, 9.17) is 0 Å². The third kappa shape index (κ3) is 4.43. The second-order valence-electron chi connectivity index (χ2n) is 5.90. The van der Waals surface area contributed by atoms with E-state index < -0.39 is 0 Å². The smallest absolute Gasteiger partial charge is 0.162 e. The maximum Gasteiger partial charge on any atom is 0.162 e. The zero-order valence-electron chi connectivity index (χ0n) is 12.7. The molecule has 0 unspecified atom stereocenters. The van der Waals surface area contributed by atoms with Crippen molar-refractivity contribution in [3.05, 3.63) is 35.4 Å². The maximum absolute atomic E-state index is 12.1. The van der Waals surface area contributed by atoms with Crippen molar-refractivity contribution in [2.75, 3.05) is 32.7 Å². The van der Waals surface area contributed by atoms with Gasteiger partial charge in [0.05, 0.1) is 0 Å². The fourth-order valence-electron chi connectivity index (χ4n) is 2.60. The van der Waals surface area contributed by atoms with Crippen molar-refractivity contribution in [1.82, 2.24) is 10.2 Å². The Labute approximate surface area is 122 Å². The molecule has 1 heterocycles. The number of carbonyl (C=O) groups is 1. The molecule has 1 aliphatic heterocycles. The Bertz CT molecular complexity index is 419. The monoisotopic (exact) mass is 274 g/mol. The normalized spacial score (nSPS) is 16.6. The highest BCUT2D eigenvalue weighted by Crippen LogP contribution is 2.16. The molecule has 1 aromatic rings.